The van der Waals surface area contributed by atoms with Crippen molar-refractivity contribution in [3.05, 3.63) is 12.3 Å². The molecular formula is C3H5GeO. The van der Waals surface area contributed by atoms with E-state index >= 15 is 0 Å². The van der Waals surface area contributed by atoms with Crippen LogP contribution in [0.1, 0.15) is 6.92 Å². The minimum atomic E-state index is 1.62. The van der Waals surface area contributed by atoms with Gasteiger partial charge in [0.25, 0.3) is 0 Å². The molecule has 0 fully saturated rings. The molecule has 1 nitrogen and oxygen atoms in total. The van der Waals surface area contributed by atoms with Crippen LogP contribution in [0.5, 0.6) is 0 Å². The molecule has 0 unspecified atom stereocenters. The number of hydrogen-bond donors (Lipinski definition) is 0. The van der Waals surface area contributed by atoms with Gasteiger partial charge in [0.2, 0.25) is 0 Å². The van der Waals surface area contributed by atoms with Gasteiger partial charge in [0.05, 0.1) is 0 Å². The van der Waals surface area contributed by atoms with Gasteiger partial charge < -0.3 is 0 Å². The number of rotatable bonds is 1. The van der Waals surface area contributed by atoms with E-state index in [1.165, 1.54) is 0 Å². The van der Waals surface area contributed by atoms with Crippen molar-refractivity contribution in [3.63, 3.8) is 0 Å². The van der Waals surface area contributed by atoms with E-state index in [-0.39, 0.29) is 0 Å². The van der Waals surface area contributed by atoms with Crippen LogP contribution in [0.2, 0.25) is 0 Å². The molecule has 0 N–H and O–H groups in total. The van der Waals surface area contributed by atoms with Crippen LogP contribution in [0.3, 0.4) is 0 Å². The van der Waals surface area contributed by atoms with Crippen molar-refractivity contribution in [3.8, 4) is 0 Å². The topological polar surface area (TPSA) is 9.23 Å². The Morgan fingerprint density at radius 1 is 1.80 bits per heavy atom. The van der Waals surface area contributed by atoms with Gasteiger partial charge in [-0.15, -0.1) is 0 Å². The first-order chi connectivity index (χ1) is 2.41. The summed E-state index contributed by atoms with van der Waals surface area (Å²) >= 11 is 1.62. The van der Waals surface area contributed by atoms with Crippen LogP contribution < -0.4 is 0 Å². The number of hydrogen-bond acceptors (Lipinski definition) is 1. The summed E-state index contributed by atoms with van der Waals surface area (Å²) < 4.78 is 4.51. The van der Waals surface area contributed by atoms with Gasteiger partial charge in [0.15, 0.2) is 0 Å². The fraction of sp³-hybridized carbons (Fsp3) is 0.333. The molecule has 5 heavy (non-hydrogen) atoms. The predicted molar refractivity (Wildman–Crippen MR) is 21.7 cm³/mol. The second kappa shape index (κ2) is 4.08. The normalized spacial score (nSPS) is 9.20. The van der Waals surface area contributed by atoms with E-state index < -0.39 is 0 Å². The molecule has 3 radical (unpaired) electrons. The zero-order chi connectivity index (χ0) is 4.12. The summed E-state index contributed by atoms with van der Waals surface area (Å²) in [5.74, 6) is 0. The van der Waals surface area contributed by atoms with Crippen LogP contribution in [0.15, 0.2) is 12.3 Å². The van der Waals surface area contributed by atoms with Crippen LogP contribution >= 0.6 is 0 Å². The molecule has 27 valence electrons. The molecular weight excluding hydrogens is 125 g/mol. The van der Waals surface area contributed by atoms with Crippen molar-refractivity contribution in [2.75, 3.05) is 0 Å². The fourth-order valence-corrected chi connectivity index (χ4v) is 0.354. The first-order valence-electron chi connectivity index (χ1n) is 1.35. The van der Waals surface area contributed by atoms with Crippen LogP contribution in [-0.2, 0) is 3.76 Å². The monoisotopic (exact) mass is 131 g/mol. The van der Waals surface area contributed by atoms with E-state index in [9.17, 15) is 0 Å². The van der Waals surface area contributed by atoms with E-state index in [4.69, 9.17) is 0 Å². The average Bonchev–Trinajstić information content (AvgIpc) is 1.41. The van der Waals surface area contributed by atoms with Gasteiger partial charge in [-0.05, 0) is 0 Å². The molecule has 0 aromatic rings. The Balaban J connectivity index is 2.62. The van der Waals surface area contributed by atoms with Gasteiger partial charge in [-0.1, -0.05) is 0 Å². The molecule has 0 saturated heterocycles. The molecule has 0 aliphatic carbocycles. The van der Waals surface area contributed by atoms with E-state index in [2.05, 4.69) is 3.76 Å². The average molecular weight is 130 g/mol. The summed E-state index contributed by atoms with van der Waals surface area (Å²) in [6.45, 7) is 1.91. The van der Waals surface area contributed by atoms with Gasteiger partial charge in [0.1, 0.15) is 0 Å². The van der Waals surface area contributed by atoms with Gasteiger partial charge in [0, 0.05) is 0 Å². The van der Waals surface area contributed by atoms with Crippen molar-refractivity contribution in [1.29, 1.82) is 0 Å². The maximum absolute atomic E-state index is 4.51. The Bertz CT molecular complexity index is 33.9. The number of allylic oxidation sites excluding steroid dienone is 1. The standard InChI is InChI=1S/C3H5GeO/c1-2-3-5-4/h2-3H,1H3. The molecule has 0 atom stereocenters. The summed E-state index contributed by atoms with van der Waals surface area (Å²) in [6, 6.07) is 0. The molecule has 2 heteroatoms. The van der Waals surface area contributed by atoms with Crippen LogP contribution in [0.25, 0.3) is 0 Å². The van der Waals surface area contributed by atoms with Crippen molar-refractivity contribution in [2.24, 2.45) is 0 Å². The Kier molecular flexibility index (Phi) is 4.15. The van der Waals surface area contributed by atoms with Crippen molar-refractivity contribution in [2.45, 2.75) is 6.92 Å². The first kappa shape index (κ1) is 5.08. The summed E-state index contributed by atoms with van der Waals surface area (Å²) in [4.78, 5) is 0. The Labute approximate surface area is 40.6 Å². The second-order valence-corrected chi connectivity index (χ2v) is 1.08. The van der Waals surface area contributed by atoms with E-state index in [0.29, 0.717) is 0 Å². The van der Waals surface area contributed by atoms with Crippen molar-refractivity contribution >= 4 is 16.9 Å². The summed E-state index contributed by atoms with van der Waals surface area (Å²) in [6.07, 6.45) is 3.46. The Hall–Kier alpha value is 0.0829. The summed E-state index contributed by atoms with van der Waals surface area (Å²) in [5, 5.41) is 0. The maximum atomic E-state index is 4.51. The zero-order valence-corrected chi connectivity index (χ0v) is 5.16. The van der Waals surface area contributed by atoms with Gasteiger partial charge in [-0.25, -0.2) is 0 Å². The molecule has 0 aliphatic heterocycles. The molecule has 0 aromatic heterocycles. The molecule has 0 spiro atoms. The minimum absolute atomic E-state index is 1.62. The van der Waals surface area contributed by atoms with Crippen molar-refractivity contribution in [1.82, 2.24) is 0 Å². The molecule has 0 amide bonds. The third-order valence-electron chi connectivity index (χ3n) is 0.204. The van der Waals surface area contributed by atoms with Crippen LogP contribution in [-0.4, -0.2) is 16.9 Å². The molecule has 0 aliphatic rings. The third-order valence-corrected chi connectivity index (χ3v) is 0.490. The molecule has 0 bridgehead atoms. The van der Waals surface area contributed by atoms with Gasteiger partial charge >= 0.3 is 39.9 Å². The van der Waals surface area contributed by atoms with Gasteiger partial charge in [-0.2, -0.15) is 0 Å². The molecule has 0 rings (SSSR count). The molecule has 0 saturated carbocycles. The van der Waals surface area contributed by atoms with E-state index in [0.717, 1.165) is 0 Å². The second-order valence-electron chi connectivity index (χ2n) is 0.587. The summed E-state index contributed by atoms with van der Waals surface area (Å²) in [7, 11) is 0. The fourth-order valence-electron chi connectivity index (χ4n) is 0.0680. The Morgan fingerprint density at radius 3 is 2.40 bits per heavy atom. The summed E-state index contributed by atoms with van der Waals surface area (Å²) in [5.41, 5.74) is 0. The molecule has 0 aromatic carbocycles. The quantitative estimate of drug-likeness (QED) is 0.373. The van der Waals surface area contributed by atoms with Crippen LogP contribution in [0, 0.1) is 0 Å². The Morgan fingerprint density at radius 2 is 2.40 bits per heavy atom. The van der Waals surface area contributed by atoms with E-state index in [1.807, 2.05) is 13.0 Å². The first-order valence-corrected chi connectivity index (χ1v) is 2.21. The zero-order valence-electron chi connectivity index (χ0n) is 3.06. The van der Waals surface area contributed by atoms with Crippen molar-refractivity contribution < 1.29 is 3.76 Å². The van der Waals surface area contributed by atoms with Gasteiger partial charge in [-0.3, -0.25) is 0 Å². The van der Waals surface area contributed by atoms with E-state index in [1.54, 1.807) is 23.1 Å². The van der Waals surface area contributed by atoms with Crippen LogP contribution in [0.4, 0.5) is 0 Å². The molecule has 0 heterocycles. The predicted octanol–water partition coefficient (Wildman–Crippen LogP) is 0.620. The third kappa shape index (κ3) is 4.08. The SMILES string of the molecule is CC=C[O][Ge].